The topological polar surface area (TPSA) is 38.3 Å². The van der Waals surface area contributed by atoms with Crippen LogP contribution in [0.5, 0.6) is 5.75 Å². The summed E-state index contributed by atoms with van der Waals surface area (Å²) in [5.74, 6) is 0.713. The van der Waals surface area contributed by atoms with E-state index in [1.165, 1.54) is 11.8 Å². The van der Waals surface area contributed by atoms with Gasteiger partial charge in [0.25, 0.3) is 5.91 Å². The van der Waals surface area contributed by atoms with Gasteiger partial charge in [-0.05, 0) is 66.4 Å². The maximum atomic E-state index is 11.8. The summed E-state index contributed by atoms with van der Waals surface area (Å²) >= 11 is 12.2. The van der Waals surface area contributed by atoms with E-state index < -0.39 is 0 Å². The Morgan fingerprint density at radius 3 is 2.40 bits per heavy atom. The molecule has 1 fully saturated rings. The van der Waals surface area contributed by atoms with Crippen LogP contribution < -0.4 is 10.1 Å². The average molecular weight is 390 g/mol. The number of hydrogen-bond acceptors (Lipinski definition) is 4. The molecule has 0 radical (unpaired) electrons. The lowest BCUT2D eigenvalue weighted by Gasteiger charge is -2.13. The summed E-state index contributed by atoms with van der Waals surface area (Å²) < 4.78 is 6.48. The molecular formula is C19H16ClNO2S2. The van der Waals surface area contributed by atoms with Crippen molar-refractivity contribution >= 4 is 51.9 Å². The van der Waals surface area contributed by atoms with Gasteiger partial charge in [0.1, 0.15) is 16.7 Å². The number of carbonyl (C=O) groups is 1. The fourth-order valence-corrected chi connectivity index (χ4v) is 3.77. The van der Waals surface area contributed by atoms with Crippen LogP contribution in [0.15, 0.2) is 41.3 Å². The molecule has 0 spiro atoms. The second-order valence-electron chi connectivity index (χ2n) is 5.75. The highest BCUT2D eigenvalue weighted by molar-refractivity contribution is 8.26. The molecule has 1 amide bonds. The van der Waals surface area contributed by atoms with E-state index in [0.717, 1.165) is 28.0 Å². The SMILES string of the molecule is Cc1cc(/C=C2/SC(=S)NC2=O)cc(C)c1OCc1ccc(Cl)cc1. The summed E-state index contributed by atoms with van der Waals surface area (Å²) in [5, 5.41) is 3.33. The molecule has 0 bridgehead atoms. The Morgan fingerprint density at radius 2 is 1.84 bits per heavy atom. The van der Waals surface area contributed by atoms with Crippen LogP contribution in [0.2, 0.25) is 5.02 Å². The Labute approximate surface area is 161 Å². The number of aryl methyl sites for hydroxylation is 2. The van der Waals surface area contributed by atoms with Gasteiger partial charge in [-0.25, -0.2) is 0 Å². The first-order valence-electron chi connectivity index (χ1n) is 7.66. The Hall–Kier alpha value is -1.82. The second kappa shape index (κ2) is 7.60. The molecule has 1 aliphatic heterocycles. The molecule has 0 saturated carbocycles. The van der Waals surface area contributed by atoms with Gasteiger partial charge in [0.05, 0.1) is 4.91 Å². The van der Waals surface area contributed by atoms with E-state index >= 15 is 0 Å². The van der Waals surface area contributed by atoms with Gasteiger partial charge in [0.15, 0.2) is 0 Å². The minimum absolute atomic E-state index is 0.145. The number of benzene rings is 2. The van der Waals surface area contributed by atoms with Crippen molar-refractivity contribution in [2.75, 3.05) is 0 Å². The number of halogens is 1. The molecule has 1 N–H and O–H groups in total. The van der Waals surface area contributed by atoms with E-state index in [1.807, 2.05) is 56.3 Å². The van der Waals surface area contributed by atoms with Gasteiger partial charge in [-0.15, -0.1) is 0 Å². The van der Waals surface area contributed by atoms with Crippen LogP contribution in [-0.2, 0) is 11.4 Å². The third kappa shape index (κ3) is 4.42. The van der Waals surface area contributed by atoms with Gasteiger partial charge in [0, 0.05) is 5.02 Å². The number of nitrogens with one attached hydrogen (secondary N) is 1. The van der Waals surface area contributed by atoms with E-state index in [9.17, 15) is 4.79 Å². The predicted molar refractivity (Wildman–Crippen MR) is 108 cm³/mol. The van der Waals surface area contributed by atoms with Crippen molar-refractivity contribution in [2.45, 2.75) is 20.5 Å². The molecule has 6 heteroatoms. The lowest BCUT2D eigenvalue weighted by atomic mass is 10.0. The quantitative estimate of drug-likeness (QED) is 0.588. The number of amides is 1. The van der Waals surface area contributed by atoms with E-state index in [4.69, 9.17) is 28.6 Å². The molecule has 128 valence electrons. The van der Waals surface area contributed by atoms with Crippen LogP contribution in [0.3, 0.4) is 0 Å². The molecule has 2 aromatic rings. The molecule has 0 unspecified atom stereocenters. The van der Waals surface area contributed by atoms with Gasteiger partial charge in [-0.3, -0.25) is 4.79 Å². The summed E-state index contributed by atoms with van der Waals surface area (Å²) in [4.78, 5) is 12.4. The Bertz CT molecular complexity index is 852. The molecule has 1 heterocycles. The first-order valence-corrected chi connectivity index (χ1v) is 9.26. The molecule has 2 aromatic carbocycles. The largest absolute Gasteiger partial charge is 0.488 e. The van der Waals surface area contributed by atoms with E-state index in [0.29, 0.717) is 20.9 Å². The van der Waals surface area contributed by atoms with Crippen molar-refractivity contribution in [3.8, 4) is 5.75 Å². The van der Waals surface area contributed by atoms with Crippen LogP contribution in [0.25, 0.3) is 6.08 Å². The summed E-state index contributed by atoms with van der Waals surface area (Å²) in [7, 11) is 0. The summed E-state index contributed by atoms with van der Waals surface area (Å²) in [6.45, 7) is 4.48. The standard InChI is InChI=1S/C19H16ClNO2S2/c1-11-7-14(9-16-18(22)21-19(24)25-16)8-12(2)17(11)23-10-13-3-5-15(20)6-4-13/h3-9H,10H2,1-2H3,(H,21,22,24)/b16-9+. The van der Waals surface area contributed by atoms with Gasteiger partial charge >= 0.3 is 0 Å². The average Bonchev–Trinajstić information content (AvgIpc) is 2.86. The third-order valence-electron chi connectivity index (χ3n) is 3.72. The number of thioether (sulfide) groups is 1. The van der Waals surface area contributed by atoms with Crippen molar-refractivity contribution in [3.63, 3.8) is 0 Å². The number of thiocarbonyl (C=S) groups is 1. The smallest absolute Gasteiger partial charge is 0.263 e. The lowest BCUT2D eigenvalue weighted by Crippen LogP contribution is -2.17. The zero-order chi connectivity index (χ0) is 18.0. The van der Waals surface area contributed by atoms with Crippen molar-refractivity contribution < 1.29 is 9.53 Å². The van der Waals surface area contributed by atoms with Crippen molar-refractivity contribution in [1.29, 1.82) is 0 Å². The fourth-order valence-electron chi connectivity index (χ4n) is 2.60. The molecule has 0 aliphatic carbocycles. The number of hydrogen-bond donors (Lipinski definition) is 1. The van der Waals surface area contributed by atoms with Gasteiger partial charge < -0.3 is 10.1 Å². The predicted octanol–water partition coefficient (Wildman–Crippen LogP) is 5.02. The molecule has 3 rings (SSSR count). The highest BCUT2D eigenvalue weighted by Crippen LogP contribution is 2.30. The zero-order valence-corrected chi connectivity index (χ0v) is 16.1. The Morgan fingerprint density at radius 1 is 1.20 bits per heavy atom. The Kier molecular flexibility index (Phi) is 5.47. The van der Waals surface area contributed by atoms with Crippen LogP contribution >= 0.6 is 35.6 Å². The van der Waals surface area contributed by atoms with Gasteiger partial charge in [-0.1, -0.05) is 47.7 Å². The van der Waals surface area contributed by atoms with E-state index in [2.05, 4.69) is 5.32 Å². The summed E-state index contributed by atoms with van der Waals surface area (Å²) in [6.07, 6.45) is 1.85. The molecule has 0 aromatic heterocycles. The third-order valence-corrected chi connectivity index (χ3v) is 5.13. The van der Waals surface area contributed by atoms with Crippen LogP contribution in [-0.4, -0.2) is 10.2 Å². The highest BCUT2D eigenvalue weighted by Gasteiger charge is 2.22. The number of carbonyl (C=O) groups excluding carboxylic acids is 1. The van der Waals surface area contributed by atoms with E-state index in [-0.39, 0.29) is 5.91 Å². The Balaban J connectivity index is 1.78. The fraction of sp³-hybridized carbons (Fsp3) is 0.158. The normalized spacial score (nSPS) is 15.6. The molecular weight excluding hydrogens is 374 g/mol. The minimum Gasteiger partial charge on any atom is -0.488 e. The first-order chi connectivity index (χ1) is 11.9. The highest BCUT2D eigenvalue weighted by atomic mass is 35.5. The molecule has 0 atom stereocenters. The van der Waals surface area contributed by atoms with Crippen LogP contribution in [0, 0.1) is 13.8 Å². The minimum atomic E-state index is -0.145. The van der Waals surface area contributed by atoms with Crippen LogP contribution in [0.4, 0.5) is 0 Å². The molecule has 25 heavy (non-hydrogen) atoms. The van der Waals surface area contributed by atoms with Crippen LogP contribution in [0.1, 0.15) is 22.3 Å². The van der Waals surface area contributed by atoms with Crippen molar-refractivity contribution in [1.82, 2.24) is 5.32 Å². The van der Waals surface area contributed by atoms with Gasteiger partial charge in [0.2, 0.25) is 0 Å². The monoisotopic (exact) mass is 389 g/mol. The number of rotatable bonds is 4. The molecule has 1 aliphatic rings. The maximum absolute atomic E-state index is 11.8. The van der Waals surface area contributed by atoms with Gasteiger partial charge in [-0.2, -0.15) is 0 Å². The van der Waals surface area contributed by atoms with E-state index in [1.54, 1.807) is 0 Å². The zero-order valence-electron chi connectivity index (χ0n) is 13.8. The lowest BCUT2D eigenvalue weighted by molar-refractivity contribution is -0.115. The van der Waals surface area contributed by atoms with Crippen molar-refractivity contribution in [2.24, 2.45) is 0 Å². The number of ether oxygens (including phenoxy) is 1. The molecule has 3 nitrogen and oxygen atoms in total. The van der Waals surface area contributed by atoms with Crippen molar-refractivity contribution in [3.05, 3.63) is 68.6 Å². The molecule has 1 saturated heterocycles. The summed E-state index contributed by atoms with van der Waals surface area (Å²) in [6, 6.07) is 11.6. The first kappa shape index (κ1) is 18.0. The summed E-state index contributed by atoms with van der Waals surface area (Å²) in [5.41, 5.74) is 4.05. The maximum Gasteiger partial charge on any atom is 0.263 e. The second-order valence-corrected chi connectivity index (χ2v) is 7.91.